The summed E-state index contributed by atoms with van der Waals surface area (Å²) in [5.74, 6) is -1.15. The first-order valence-electron chi connectivity index (χ1n) is 4.01. The van der Waals surface area contributed by atoms with Gasteiger partial charge < -0.3 is 15.2 Å². The molecule has 0 spiro atoms. The molecule has 2 N–H and O–H groups in total. The molecule has 0 aromatic heterocycles. The number of rotatable bonds is 4. The van der Waals surface area contributed by atoms with Crippen LogP contribution in [0.2, 0.25) is 0 Å². The molecule has 5 nitrogen and oxygen atoms in total. The Morgan fingerprint density at radius 1 is 1.46 bits per heavy atom. The first-order chi connectivity index (χ1) is 6.02. The highest BCUT2D eigenvalue weighted by molar-refractivity contribution is 5.85. The summed E-state index contributed by atoms with van der Waals surface area (Å²) in [6, 6.07) is -0.690. The second-order valence-corrected chi connectivity index (χ2v) is 2.97. The Balaban J connectivity index is 4.26. The second-order valence-electron chi connectivity index (χ2n) is 2.97. The van der Waals surface area contributed by atoms with E-state index in [1.165, 1.54) is 7.11 Å². The van der Waals surface area contributed by atoms with Gasteiger partial charge in [-0.25, -0.2) is 4.79 Å². The third-order valence-electron chi connectivity index (χ3n) is 1.58. The maximum Gasteiger partial charge on any atom is 0.328 e. The number of hydrogen-bond acceptors (Lipinski definition) is 4. The van der Waals surface area contributed by atoms with Gasteiger partial charge in [0.25, 0.3) is 0 Å². The number of hydrogen-bond donors (Lipinski definition) is 2. The lowest BCUT2D eigenvalue weighted by Gasteiger charge is -2.18. The Kier molecular flexibility index (Phi) is 5.06. The Bertz CT molecular complexity index is 191. The van der Waals surface area contributed by atoms with E-state index in [0.29, 0.717) is 0 Å². The van der Waals surface area contributed by atoms with E-state index in [1.54, 1.807) is 13.8 Å². The largest absolute Gasteiger partial charge is 0.467 e. The maximum absolute atomic E-state index is 11.1. The Hall–Kier alpha value is -1.10. The standard InChI is InChI=1S/C8H15NO4/c1-5(2)7(8(12)13-3)9-6(11)4-10/h5,7,10H,4H2,1-3H3,(H,9,11)/t7-/m1/s1. The highest BCUT2D eigenvalue weighted by Gasteiger charge is 2.24. The van der Waals surface area contributed by atoms with Gasteiger partial charge in [0.2, 0.25) is 5.91 Å². The van der Waals surface area contributed by atoms with E-state index in [2.05, 4.69) is 10.1 Å². The molecule has 0 aromatic carbocycles. The molecule has 0 rings (SSSR count). The molecular weight excluding hydrogens is 174 g/mol. The van der Waals surface area contributed by atoms with E-state index in [4.69, 9.17) is 5.11 Å². The zero-order valence-electron chi connectivity index (χ0n) is 8.03. The summed E-state index contributed by atoms with van der Waals surface area (Å²) in [6.07, 6.45) is 0. The lowest BCUT2D eigenvalue weighted by atomic mass is 10.0. The highest BCUT2D eigenvalue weighted by Crippen LogP contribution is 2.02. The van der Waals surface area contributed by atoms with Crippen molar-refractivity contribution in [2.24, 2.45) is 5.92 Å². The summed E-state index contributed by atoms with van der Waals surface area (Å²) >= 11 is 0. The van der Waals surface area contributed by atoms with E-state index < -0.39 is 24.5 Å². The lowest BCUT2D eigenvalue weighted by molar-refractivity contribution is -0.146. The van der Waals surface area contributed by atoms with Crippen molar-refractivity contribution in [1.82, 2.24) is 5.32 Å². The Labute approximate surface area is 77.1 Å². The quantitative estimate of drug-likeness (QED) is 0.573. The van der Waals surface area contributed by atoms with Crippen molar-refractivity contribution in [3.63, 3.8) is 0 Å². The van der Waals surface area contributed by atoms with Crippen molar-refractivity contribution in [1.29, 1.82) is 0 Å². The lowest BCUT2D eigenvalue weighted by Crippen LogP contribution is -2.46. The fourth-order valence-electron chi connectivity index (χ4n) is 0.844. The van der Waals surface area contributed by atoms with Crippen LogP contribution in [-0.4, -0.2) is 36.7 Å². The average molecular weight is 189 g/mol. The number of nitrogens with one attached hydrogen (secondary N) is 1. The molecule has 1 amide bonds. The summed E-state index contributed by atoms with van der Waals surface area (Å²) in [4.78, 5) is 21.9. The van der Waals surface area contributed by atoms with Gasteiger partial charge >= 0.3 is 5.97 Å². The molecule has 0 saturated heterocycles. The molecule has 5 heteroatoms. The molecule has 0 radical (unpaired) electrons. The van der Waals surface area contributed by atoms with E-state index in [0.717, 1.165) is 0 Å². The number of esters is 1. The van der Waals surface area contributed by atoms with Crippen LogP contribution in [0.15, 0.2) is 0 Å². The van der Waals surface area contributed by atoms with Crippen molar-refractivity contribution < 1.29 is 19.4 Å². The number of aliphatic hydroxyl groups is 1. The van der Waals surface area contributed by atoms with Crippen LogP contribution in [-0.2, 0) is 14.3 Å². The minimum atomic E-state index is -0.690. The van der Waals surface area contributed by atoms with Crippen molar-refractivity contribution in [2.45, 2.75) is 19.9 Å². The van der Waals surface area contributed by atoms with Crippen LogP contribution in [0, 0.1) is 5.92 Å². The molecule has 0 heterocycles. The smallest absolute Gasteiger partial charge is 0.328 e. The molecular formula is C8H15NO4. The summed E-state index contributed by atoms with van der Waals surface area (Å²) < 4.78 is 4.48. The highest BCUT2D eigenvalue weighted by atomic mass is 16.5. The van der Waals surface area contributed by atoms with Crippen LogP contribution in [0.4, 0.5) is 0 Å². The van der Waals surface area contributed by atoms with Crippen LogP contribution in [0.1, 0.15) is 13.8 Å². The van der Waals surface area contributed by atoms with Gasteiger partial charge in [-0.05, 0) is 5.92 Å². The molecule has 0 fully saturated rings. The van der Waals surface area contributed by atoms with Gasteiger partial charge in [0.1, 0.15) is 12.6 Å². The van der Waals surface area contributed by atoms with Crippen molar-refractivity contribution in [3.05, 3.63) is 0 Å². The number of aliphatic hydroxyl groups excluding tert-OH is 1. The van der Waals surface area contributed by atoms with Gasteiger partial charge in [-0.15, -0.1) is 0 Å². The SMILES string of the molecule is COC(=O)[C@H](NC(=O)CO)C(C)C. The molecule has 13 heavy (non-hydrogen) atoms. The summed E-state index contributed by atoms with van der Waals surface area (Å²) in [7, 11) is 1.25. The molecule has 76 valence electrons. The monoisotopic (exact) mass is 189 g/mol. The number of ether oxygens (including phenoxy) is 1. The zero-order valence-corrected chi connectivity index (χ0v) is 8.03. The van der Waals surface area contributed by atoms with E-state index in [1.807, 2.05) is 0 Å². The second kappa shape index (κ2) is 5.53. The van der Waals surface area contributed by atoms with E-state index in [-0.39, 0.29) is 5.92 Å². The minimum absolute atomic E-state index is 0.0667. The number of methoxy groups -OCH3 is 1. The number of amides is 1. The number of carbonyl (C=O) groups excluding carboxylic acids is 2. The van der Waals surface area contributed by atoms with Crippen LogP contribution in [0.3, 0.4) is 0 Å². The van der Waals surface area contributed by atoms with Crippen LogP contribution in [0.25, 0.3) is 0 Å². The van der Waals surface area contributed by atoms with E-state index >= 15 is 0 Å². The van der Waals surface area contributed by atoms with Gasteiger partial charge in [0, 0.05) is 0 Å². The molecule has 0 saturated carbocycles. The van der Waals surface area contributed by atoms with Crippen LogP contribution >= 0.6 is 0 Å². The topological polar surface area (TPSA) is 75.6 Å². The molecule has 0 bridgehead atoms. The Morgan fingerprint density at radius 2 is 2.00 bits per heavy atom. The summed E-state index contributed by atoms with van der Waals surface area (Å²) in [5, 5.41) is 10.8. The van der Waals surface area contributed by atoms with Crippen LogP contribution < -0.4 is 5.32 Å². The first kappa shape index (κ1) is 11.9. The predicted molar refractivity (Wildman–Crippen MR) is 45.9 cm³/mol. The molecule has 0 aliphatic carbocycles. The third-order valence-corrected chi connectivity index (χ3v) is 1.58. The summed E-state index contributed by atoms with van der Waals surface area (Å²) in [6.45, 7) is 2.93. The fraction of sp³-hybridized carbons (Fsp3) is 0.750. The molecule has 0 unspecified atom stereocenters. The predicted octanol–water partition coefficient (Wildman–Crippen LogP) is -0.707. The van der Waals surface area contributed by atoms with Crippen molar-refractivity contribution in [2.75, 3.05) is 13.7 Å². The normalized spacial score (nSPS) is 12.4. The van der Waals surface area contributed by atoms with Gasteiger partial charge in [-0.1, -0.05) is 13.8 Å². The van der Waals surface area contributed by atoms with Crippen LogP contribution in [0.5, 0.6) is 0 Å². The van der Waals surface area contributed by atoms with Gasteiger partial charge in [0.15, 0.2) is 0 Å². The zero-order chi connectivity index (χ0) is 10.4. The summed E-state index contributed by atoms with van der Waals surface area (Å²) in [5.41, 5.74) is 0. The third kappa shape index (κ3) is 3.89. The van der Waals surface area contributed by atoms with Gasteiger partial charge in [-0.2, -0.15) is 0 Å². The number of carbonyl (C=O) groups is 2. The minimum Gasteiger partial charge on any atom is -0.467 e. The first-order valence-corrected chi connectivity index (χ1v) is 4.01. The maximum atomic E-state index is 11.1. The average Bonchev–Trinajstić information content (AvgIpc) is 2.11. The van der Waals surface area contributed by atoms with E-state index in [9.17, 15) is 9.59 Å². The van der Waals surface area contributed by atoms with Crippen molar-refractivity contribution in [3.8, 4) is 0 Å². The molecule has 0 aliphatic rings. The van der Waals surface area contributed by atoms with Gasteiger partial charge in [-0.3, -0.25) is 4.79 Å². The fourth-order valence-corrected chi connectivity index (χ4v) is 0.844. The van der Waals surface area contributed by atoms with Gasteiger partial charge in [0.05, 0.1) is 7.11 Å². The molecule has 0 aromatic rings. The molecule has 0 aliphatic heterocycles. The Morgan fingerprint density at radius 3 is 2.31 bits per heavy atom. The van der Waals surface area contributed by atoms with Crippen molar-refractivity contribution >= 4 is 11.9 Å². The molecule has 1 atom stereocenters.